The van der Waals surface area contributed by atoms with Crippen molar-refractivity contribution in [1.29, 1.82) is 0 Å². The third-order valence-electron chi connectivity index (χ3n) is 2.89. The standard InChI is InChI=1S/C14H16BrNOS/c1-10(11-5-6-18-9-11)16-8-12-7-13(17-2)3-4-14(12)15/h3-7,9-10,16H,8H2,1-2H3. The minimum absolute atomic E-state index is 0.356. The van der Waals surface area contributed by atoms with Crippen LogP contribution in [-0.2, 0) is 6.54 Å². The van der Waals surface area contributed by atoms with Gasteiger partial charge in [0.15, 0.2) is 0 Å². The maximum absolute atomic E-state index is 5.24. The molecule has 4 heteroatoms. The Labute approximate surface area is 120 Å². The summed E-state index contributed by atoms with van der Waals surface area (Å²) in [6.07, 6.45) is 0. The SMILES string of the molecule is COc1ccc(Br)c(CNC(C)c2ccsc2)c1. The van der Waals surface area contributed by atoms with Crippen LogP contribution in [0.2, 0.25) is 0 Å². The molecule has 2 aromatic rings. The molecule has 1 N–H and O–H groups in total. The lowest BCUT2D eigenvalue weighted by Gasteiger charge is -2.14. The molecule has 0 aliphatic heterocycles. The summed E-state index contributed by atoms with van der Waals surface area (Å²) in [7, 11) is 1.69. The normalized spacial score (nSPS) is 12.4. The van der Waals surface area contributed by atoms with E-state index in [-0.39, 0.29) is 0 Å². The van der Waals surface area contributed by atoms with E-state index in [0.29, 0.717) is 6.04 Å². The minimum atomic E-state index is 0.356. The average molecular weight is 326 g/mol. The molecule has 1 unspecified atom stereocenters. The first-order valence-electron chi connectivity index (χ1n) is 5.78. The fraction of sp³-hybridized carbons (Fsp3) is 0.286. The van der Waals surface area contributed by atoms with Gasteiger partial charge in [-0.3, -0.25) is 0 Å². The van der Waals surface area contributed by atoms with Gasteiger partial charge in [-0.25, -0.2) is 0 Å². The molecule has 2 rings (SSSR count). The zero-order valence-electron chi connectivity index (χ0n) is 10.4. The van der Waals surface area contributed by atoms with Crippen LogP contribution in [0.4, 0.5) is 0 Å². The lowest BCUT2D eigenvalue weighted by Crippen LogP contribution is -2.17. The van der Waals surface area contributed by atoms with Crippen molar-refractivity contribution in [3.63, 3.8) is 0 Å². The van der Waals surface area contributed by atoms with Crippen molar-refractivity contribution in [2.45, 2.75) is 19.5 Å². The Kier molecular flexibility index (Phi) is 4.80. The molecule has 0 spiro atoms. The van der Waals surface area contributed by atoms with Crippen LogP contribution in [0.5, 0.6) is 5.75 Å². The summed E-state index contributed by atoms with van der Waals surface area (Å²) < 4.78 is 6.35. The van der Waals surface area contributed by atoms with E-state index in [1.54, 1.807) is 18.4 Å². The number of thiophene rings is 1. The largest absolute Gasteiger partial charge is 0.497 e. The molecule has 96 valence electrons. The molecule has 1 heterocycles. The number of rotatable bonds is 5. The Bertz CT molecular complexity index is 499. The van der Waals surface area contributed by atoms with Crippen LogP contribution in [0.25, 0.3) is 0 Å². The quantitative estimate of drug-likeness (QED) is 0.881. The molecule has 0 radical (unpaired) electrons. The van der Waals surface area contributed by atoms with Crippen molar-refractivity contribution in [3.8, 4) is 5.75 Å². The van der Waals surface area contributed by atoms with Crippen molar-refractivity contribution in [2.75, 3.05) is 7.11 Å². The van der Waals surface area contributed by atoms with E-state index < -0.39 is 0 Å². The van der Waals surface area contributed by atoms with E-state index in [1.807, 2.05) is 12.1 Å². The molecule has 18 heavy (non-hydrogen) atoms. The molecule has 0 aliphatic rings. The summed E-state index contributed by atoms with van der Waals surface area (Å²) in [5.74, 6) is 0.887. The lowest BCUT2D eigenvalue weighted by atomic mass is 10.1. The lowest BCUT2D eigenvalue weighted by molar-refractivity contribution is 0.413. The zero-order valence-corrected chi connectivity index (χ0v) is 12.8. The number of methoxy groups -OCH3 is 1. The molecule has 0 fully saturated rings. The fourth-order valence-corrected chi connectivity index (χ4v) is 2.86. The first-order valence-corrected chi connectivity index (χ1v) is 7.52. The summed E-state index contributed by atoms with van der Waals surface area (Å²) in [6.45, 7) is 2.99. The van der Waals surface area contributed by atoms with Crippen molar-refractivity contribution < 1.29 is 4.74 Å². The van der Waals surface area contributed by atoms with Gasteiger partial charge >= 0.3 is 0 Å². The second-order valence-corrected chi connectivity index (χ2v) is 5.75. The van der Waals surface area contributed by atoms with E-state index in [4.69, 9.17) is 4.74 Å². The second-order valence-electron chi connectivity index (χ2n) is 4.12. The van der Waals surface area contributed by atoms with Crippen molar-refractivity contribution >= 4 is 27.3 Å². The highest BCUT2D eigenvalue weighted by Gasteiger charge is 2.07. The highest BCUT2D eigenvalue weighted by molar-refractivity contribution is 9.10. The molecule has 1 aromatic carbocycles. The van der Waals surface area contributed by atoms with Crippen LogP contribution in [0, 0.1) is 0 Å². The molecule has 2 nitrogen and oxygen atoms in total. The number of ether oxygens (including phenoxy) is 1. The van der Waals surface area contributed by atoms with Gasteiger partial charge in [-0.05, 0) is 53.1 Å². The van der Waals surface area contributed by atoms with Crippen LogP contribution in [0.1, 0.15) is 24.1 Å². The van der Waals surface area contributed by atoms with Crippen molar-refractivity contribution in [2.24, 2.45) is 0 Å². The van der Waals surface area contributed by atoms with Crippen LogP contribution < -0.4 is 10.1 Å². The van der Waals surface area contributed by atoms with E-state index in [1.165, 1.54) is 11.1 Å². The third kappa shape index (κ3) is 3.34. The number of nitrogens with one attached hydrogen (secondary N) is 1. The molecule has 0 saturated heterocycles. The first kappa shape index (κ1) is 13.6. The Morgan fingerprint density at radius 1 is 1.39 bits per heavy atom. The van der Waals surface area contributed by atoms with Gasteiger partial charge in [-0.1, -0.05) is 15.9 Å². The first-order chi connectivity index (χ1) is 8.70. The van der Waals surface area contributed by atoms with Crippen molar-refractivity contribution in [1.82, 2.24) is 5.32 Å². The average Bonchev–Trinajstić information content (AvgIpc) is 2.91. The highest BCUT2D eigenvalue weighted by atomic mass is 79.9. The predicted octanol–water partition coefficient (Wildman–Crippen LogP) is 4.37. The monoisotopic (exact) mass is 325 g/mol. The van der Waals surface area contributed by atoms with Crippen LogP contribution in [-0.4, -0.2) is 7.11 Å². The van der Waals surface area contributed by atoms with Gasteiger partial charge in [0, 0.05) is 17.1 Å². The number of halogens is 1. The predicted molar refractivity (Wildman–Crippen MR) is 80.3 cm³/mol. The van der Waals surface area contributed by atoms with E-state index >= 15 is 0 Å². The molecule has 0 amide bonds. The van der Waals surface area contributed by atoms with E-state index in [2.05, 4.69) is 51.1 Å². The topological polar surface area (TPSA) is 21.3 Å². The summed E-state index contributed by atoms with van der Waals surface area (Å²) >= 11 is 5.29. The van der Waals surface area contributed by atoms with Gasteiger partial charge in [0.25, 0.3) is 0 Å². The van der Waals surface area contributed by atoms with E-state index in [0.717, 1.165) is 16.8 Å². The Hall–Kier alpha value is -0.840. The summed E-state index contributed by atoms with van der Waals surface area (Å²) in [5, 5.41) is 7.80. The smallest absolute Gasteiger partial charge is 0.119 e. The van der Waals surface area contributed by atoms with Gasteiger partial charge in [0.05, 0.1) is 7.11 Å². The molecular weight excluding hydrogens is 310 g/mol. The van der Waals surface area contributed by atoms with Gasteiger partial charge in [0.1, 0.15) is 5.75 Å². The van der Waals surface area contributed by atoms with Crippen LogP contribution in [0.15, 0.2) is 39.5 Å². The van der Waals surface area contributed by atoms with Crippen LogP contribution >= 0.6 is 27.3 Å². The molecule has 1 atom stereocenters. The fourth-order valence-electron chi connectivity index (χ4n) is 1.72. The number of hydrogen-bond donors (Lipinski definition) is 1. The summed E-state index contributed by atoms with van der Waals surface area (Å²) in [6, 6.07) is 8.54. The van der Waals surface area contributed by atoms with Gasteiger partial charge in [-0.2, -0.15) is 11.3 Å². The van der Waals surface area contributed by atoms with E-state index in [9.17, 15) is 0 Å². The minimum Gasteiger partial charge on any atom is -0.497 e. The van der Waals surface area contributed by atoms with Gasteiger partial charge in [0.2, 0.25) is 0 Å². The maximum Gasteiger partial charge on any atom is 0.119 e. The molecule has 0 aliphatic carbocycles. The Morgan fingerprint density at radius 2 is 2.22 bits per heavy atom. The number of hydrogen-bond acceptors (Lipinski definition) is 3. The molecule has 0 saturated carbocycles. The Morgan fingerprint density at radius 3 is 2.89 bits per heavy atom. The molecule has 1 aromatic heterocycles. The van der Waals surface area contributed by atoms with Gasteiger partial charge in [-0.15, -0.1) is 0 Å². The second kappa shape index (κ2) is 6.36. The highest BCUT2D eigenvalue weighted by Crippen LogP contribution is 2.23. The van der Waals surface area contributed by atoms with Crippen molar-refractivity contribution in [3.05, 3.63) is 50.6 Å². The maximum atomic E-state index is 5.24. The zero-order chi connectivity index (χ0) is 13.0. The molecular formula is C14H16BrNOS. The summed E-state index contributed by atoms with van der Waals surface area (Å²) in [5.41, 5.74) is 2.54. The molecule has 0 bridgehead atoms. The number of benzene rings is 1. The Balaban J connectivity index is 2.01. The van der Waals surface area contributed by atoms with Crippen LogP contribution in [0.3, 0.4) is 0 Å². The summed E-state index contributed by atoms with van der Waals surface area (Å²) in [4.78, 5) is 0. The van der Waals surface area contributed by atoms with Gasteiger partial charge < -0.3 is 10.1 Å². The third-order valence-corrected chi connectivity index (χ3v) is 4.37.